The number of fused-ring (bicyclic) bond motifs is 2. The average molecular weight is 336 g/mol. The molecular weight excluding hydrogens is 314 g/mol. The summed E-state index contributed by atoms with van der Waals surface area (Å²) in [7, 11) is 0. The first-order valence-electron chi connectivity index (χ1n) is 7.65. The van der Waals surface area contributed by atoms with E-state index in [1.165, 1.54) is 25.7 Å². The fourth-order valence-electron chi connectivity index (χ4n) is 4.11. The SMILES string of the molecule is C[C@@H](NC(=O)Cc1ccc(Br)cc1)[C@@H]1C[C@H]2CC[C@H]1C2. The van der Waals surface area contributed by atoms with Gasteiger partial charge < -0.3 is 5.32 Å². The van der Waals surface area contributed by atoms with Crippen molar-refractivity contribution in [3.8, 4) is 0 Å². The Morgan fingerprint density at radius 1 is 1.30 bits per heavy atom. The fraction of sp³-hybridized carbons (Fsp3) is 0.588. The Hall–Kier alpha value is -0.830. The van der Waals surface area contributed by atoms with Crippen LogP contribution in [0, 0.1) is 17.8 Å². The van der Waals surface area contributed by atoms with Crippen LogP contribution < -0.4 is 5.32 Å². The summed E-state index contributed by atoms with van der Waals surface area (Å²) >= 11 is 3.41. The molecule has 0 unspecified atom stereocenters. The van der Waals surface area contributed by atoms with Crippen molar-refractivity contribution in [1.29, 1.82) is 0 Å². The number of benzene rings is 1. The second kappa shape index (κ2) is 5.88. The number of hydrogen-bond acceptors (Lipinski definition) is 1. The highest BCUT2D eigenvalue weighted by Crippen LogP contribution is 2.49. The second-order valence-electron chi connectivity index (χ2n) is 6.50. The molecule has 0 heterocycles. The van der Waals surface area contributed by atoms with Crippen molar-refractivity contribution in [2.75, 3.05) is 0 Å². The Morgan fingerprint density at radius 3 is 2.65 bits per heavy atom. The van der Waals surface area contributed by atoms with Gasteiger partial charge in [-0.1, -0.05) is 34.5 Å². The van der Waals surface area contributed by atoms with Gasteiger partial charge in [0, 0.05) is 10.5 Å². The molecule has 2 nitrogen and oxygen atoms in total. The van der Waals surface area contributed by atoms with E-state index in [0.29, 0.717) is 18.4 Å². The highest BCUT2D eigenvalue weighted by Gasteiger charge is 2.42. The lowest BCUT2D eigenvalue weighted by Crippen LogP contribution is -2.40. The van der Waals surface area contributed by atoms with E-state index in [9.17, 15) is 4.79 Å². The van der Waals surface area contributed by atoms with Crippen LogP contribution in [0.1, 0.15) is 38.2 Å². The first-order chi connectivity index (χ1) is 9.61. The predicted molar refractivity (Wildman–Crippen MR) is 84.4 cm³/mol. The van der Waals surface area contributed by atoms with Gasteiger partial charge in [-0.2, -0.15) is 0 Å². The van der Waals surface area contributed by atoms with Gasteiger partial charge in [-0.3, -0.25) is 4.79 Å². The Morgan fingerprint density at radius 2 is 2.05 bits per heavy atom. The highest BCUT2D eigenvalue weighted by molar-refractivity contribution is 9.10. The maximum atomic E-state index is 12.1. The van der Waals surface area contributed by atoms with Gasteiger partial charge in [0.05, 0.1) is 6.42 Å². The van der Waals surface area contributed by atoms with Crippen molar-refractivity contribution < 1.29 is 4.79 Å². The smallest absolute Gasteiger partial charge is 0.224 e. The molecule has 20 heavy (non-hydrogen) atoms. The minimum atomic E-state index is 0.155. The van der Waals surface area contributed by atoms with Crippen LogP contribution in [0.3, 0.4) is 0 Å². The molecule has 1 aromatic carbocycles. The van der Waals surface area contributed by atoms with Gasteiger partial charge in [0.25, 0.3) is 0 Å². The molecule has 1 N–H and O–H groups in total. The van der Waals surface area contributed by atoms with Gasteiger partial charge >= 0.3 is 0 Å². The lowest BCUT2D eigenvalue weighted by Gasteiger charge is -2.28. The Kier molecular flexibility index (Phi) is 4.16. The van der Waals surface area contributed by atoms with E-state index < -0.39 is 0 Å². The van der Waals surface area contributed by atoms with Crippen LogP contribution in [-0.4, -0.2) is 11.9 Å². The summed E-state index contributed by atoms with van der Waals surface area (Å²) in [5.74, 6) is 2.67. The molecule has 2 aliphatic carbocycles. The molecule has 0 spiro atoms. The molecular formula is C17H22BrNO. The van der Waals surface area contributed by atoms with Crippen LogP contribution in [0.5, 0.6) is 0 Å². The van der Waals surface area contributed by atoms with Gasteiger partial charge in [0.2, 0.25) is 5.91 Å². The third kappa shape index (κ3) is 3.08. The van der Waals surface area contributed by atoms with Crippen LogP contribution >= 0.6 is 15.9 Å². The number of rotatable bonds is 4. The van der Waals surface area contributed by atoms with E-state index in [-0.39, 0.29) is 5.91 Å². The van der Waals surface area contributed by atoms with E-state index in [2.05, 4.69) is 28.2 Å². The number of amides is 1. The van der Waals surface area contributed by atoms with Crippen molar-refractivity contribution in [3.63, 3.8) is 0 Å². The van der Waals surface area contributed by atoms with E-state index in [4.69, 9.17) is 0 Å². The molecule has 1 amide bonds. The number of carbonyl (C=O) groups is 1. The lowest BCUT2D eigenvalue weighted by atomic mass is 9.84. The van der Waals surface area contributed by atoms with Crippen LogP contribution in [-0.2, 0) is 11.2 Å². The van der Waals surface area contributed by atoms with Crippen molar-refractivity contribution in [1.82, 2.24) is 5.32 Å². The van der Waals surface area contributed by atoms with Crippen LogP contribution in [0.25, 0.3) is 0 Å². The summed E-state index contributed by atoms with van der Waals surface area (Å²) in [6.45, 7) is 2.19. The monoisotopic (exact) mass is 335 g/mol. The van der Waals surface area contributed by atoms with E-state index in [1.54, 1.807) is 0 Å². The predicted octanol–water partition coefficient (Wildman–Crippen LogP) is 3.93. The number of carbonyl (C=O) groups excluding carboxylic acids is 1. The topological polar surface area (TPSA) is 29.1 Å². The van der Waals surface area contributed by atoms with Gasteiger partial charge in [0.15, 0.2) is 0 Å². The first kappa shape index (κ1) is 14.1. The number of nitrogens with one attached hydrogen (secondary N) is 1. The first-order valence-corrected chi connectivity index (χ1v) is 8.45. The molecule has 2 saturated carbocycles. The zero-order valence-electron chi connectivity index (χ0n) is 11.9. The molecule has 2 fully saturated rings. The van der Waals surface area contributed by atoms with Gasteiger partial charge in [-0.25, -0.2) is 0 Å². The highest BCUT2D eigenvalue weighted by atomic mass is 79.9. The van der Waals surface area contributed by atoms with Crippen molar-refractivity contribution in [3.05, 3.63) is 34.3 Å². The summed E-state index contributed by atoms with van der Waals surface area (Å²) in [5, 5.41) is 3.22. The van der Waals surface area contributed by atoms with Crippen molar-refractivity contribution in [2.24, 2.45) is 17.8 Å². The van der Waals surface area contributed by atoms with Crippen LogP contribution in [0.4, 0.5) is 0 Å². The molecule has 4 atom stereocenters. The molecule has 3 heteroatoms. The molecule has 2 aliphatic rings. The summed E-state index contributed by atoms with van der Waals surface area (Å²) < 4.78 is 1.05. The minimum absolute atomic E-state index is 0.155. The van der Waals surface area contributed by atoms with Crippen LogP contribution in [0.15, 0.2) is 28.7 Å². The third-order valence-electron chi connectivity index (χ3n) is 5.10. The lowest BCUT2D eigenvalue weighted by molar-refractivity contribution is -0.121. The average Bonchev–Trinajstić information content (AvgIpc) is 3.03. The molecule has 1 aromatic rings. The molecule has 3 rings (SSSR count). The quantitative estimate of drug-likeness (QED) is 0.887. The van der Waals surface area contributed by atoms with E-state index >= 15 is 0 Å². The fourth-order valence-corrected chi connectivity index (χ4v) is 4.37. The van der Waals surface area contributed by atoms with Crippen molar-refractivity contribution >= 4 is 21.8 Å². The maximum absolute atomic E-state index is 12.1. The summed E-state index contributed by atoms with van der Waals surface area (Å²) in [4.78, 5) is 12.1. The van der Waals surface area contributed by atoms with Gasteiger partial charge in [0.1, 0.15) is 0 Å². The summed E-state index contributed by atoms with van der Waals surface area (Å²) in [5.41, 5.74) is 1.07. The molecule has 2 bridgehead atoms. The summed E-state index contributed by atoms with van der Waals surface area (Å²) in [6, 6.07) is 8.31. The van der Waals surface area contributed by atoms with Crippen LogP contribution in [0.2, 0.25) is 0 Å². The maximum Gasteiger partial charge on any atom is 0.224 e. The zero-order chi connectivity index (χ0) is 14.1. The number of halogens is 1. The van der Waals surface area contributed by atoms with E-state index in [0.717, 1.165) is 21.9 Å². The number of hydrogen-bond donors (Lipinski definition) is 1. The van der Waals surface area contributed by atoms with Crippen molar-refractivity contribution in [2.45, 2.75) is 45.1 Å². The van der Waals surface area contributed by atoms with E-state index in [1.807, 2.05) is 24.3 Å². The summed E-state index contributed by atoms with van der Waals surface area (Å²) in [6.07, 6.45) is 6.00. The molecule has 0 radical (unpaired) electrons. The van der Waals surface area contributed by atoms with Gasteiger partial charge in [-0.15, -0.1) is 0 Å². The minimum Gasteiger partial charge on any atom is -0.353 e. The molecule has 0 aromatic heterocycles. The van der Waals surface area contributed by atoms with Gasteiger partial charge in [-0.05, 0) is 61.6 Å². The molecule has 108 valence electrons. The Balaban J connectivity index is 1.52. The molecule has 0 saturated heterocycles. The Bertz CT molecular complexity index is 484. The standard InChI is InChI=1S/C17H22BrNO/c1-11(16-9-13-2-5-14(16)8-13)19-17(20)10-12-3-6-15(18)7-4-12/h3-4,6-7,11,13-14,16H,2,5,8-10H2,1H3,(H,19,20)/t11-,13+,14+,16+/m1/s1. The normalized spacial score (nSPS) is 29.4. The Labute approximate surface area is 129 Å². The third-order valence-corrected chi connectivity index (χ3v) is 5.63. The zero-order valence-corrected chi connectivity index (χ0v) is 13.5. The molecule has 0 aliphatic heterocycles. The second-order valence-corrected chi connectivity index (χ2v) is 7.41. The largest absolute Gasteiger partial charge is 0.353 e.